The van der Waals surface area contributed by atoms with Crippen molar-refractivity contribution >= 4 is 11.8 Å². The number of nitrogens with one attached hydrogen (secondary N) is 1. The molecule has 1 saturated heterocycles. The molecule has 6 heteroatoms. The van der Waals surface area contributed by atoms with E-state index in [1.165, 1.54) is 0 Å². The third-order valence-electron chi connectivity index (χ3n) is 4.49. The van der Waals surface area contributed by atoms with E-state index in [1.807, 2.05) is 4.90 Å². The summed E-state index contributed by atoms with van der Waals surface area (Å²) in [5.41, 5.74) is 0.657. The molecule has 0 radical (unpaired) electrons. The number of ether oxygens (including phenoxy) is 1. The van der Waals surface area contributed by atoms with Crippen molar-refractivity contribution in [1.82, 2.24) is 15.2 Å². The molecule has 2 rings (SSSR count). The molecular weight excluding hydrogens is 318 g/mol. The molecule has 25 heavy (non-hydrogen) atoms. The number of carbonyl (C=O) groups is 2. The lowest BCUT2D eigenvalue weighted by Gasteiger charge is -2.33. The fourth-order valence-corrected chi connectivity index (χ4v) is 2.78. The highest BCUT2D eigenvalue weighted by atomic mass is 16.5. The quantitative estimate of drug-likeness (QED) is 0.821. The van der Waals surface area contributed by atoms with Crippen LogP contribution in [0.15, 0.2) is 24.5 Å². The van der Waals surface area contributed by atoms with Gasteiger partial charge in [-0.3, -0.25) is 14.6 Å². The van der Waals surface area contributed by atoms with Crippen LogP contribution in [0.3, 0.4) is 0 Å². The minimum Gasteiger partial charge on any atom is -0.369 e. The maximum Gasteiger partial charge on any atom is 0.253 e. The Bertz CT molecular complexity index is 554. The van der Waals surface area contributed by atoms with Crippen molar-refractivity contribution < 1.29 is 14.3 Å². The lowest BCUT2D eigenvalue weighted by molar-refractivity contribution is -0.132. The van der Waals surface area contributed by atoms with Crippen LogP contribution in [0.2, 0.25) is 0 Å². The van der Waals surface area contributed by atoms with Gasteiger partial charge in [-0.15, -0.1) is 0 Å². The molecule has 0 aliphatic carbocycles. The second-order valence-corrected chi connectivity index (χ2v) is 7.01. The lowest BCUT2D eigenvalue weighted by Crippen LogP contribution is -2.48. The molecule has 1 aromatic rings. The van der Waals surface area contributed by atoms with Crippen LogP contribution in [-0.2, 0) is 9.53 Å². The summed E-state index contributed by atoms with van der Waals surface area (Å²) in [6.07, 6.45) is 5.30. The summed E-state index contributed by atoms with van der Waals surface area (Å²) in [5.74, 6) is 0.526. The van der Waals surface area contributed by atoms with Crippen molar-refractivity contribution in [2.75, 3.05) is 19.7 Å². The van der Waals surface area contributed by atoms with Gasteiger partial charge in [0, 0.05) is 43.7 Å². The highest BCUT2D eigenvalue weighted by molar-refractivity contribution is 5.94. The summed E-state index contributed by atoms with van der Waals surface area (Å²) in [6, 6.07) is 3.56. The molecule has 0 aromatic carbocycles. The number of piperidine rings is 1. The van der Waals surface area contributed by atoms with Crippen LogP contribution in [0.4, 0.5) is 0 Å². The third kappa shape index (κ3) is 6.12. The Hall–Kier alpha value is -1.95. The van der Waals surface area contributed by atoms with Crippen molar-refractivity contribution in [2.45, 2.75) is 52.2 Å². The van der Waals surface area contributed by atoms with E-state index in [2.05, 4.69) is 24.1 Å². The van der Waals surface area contributed by atoms with E-state index in [-0.39, 0.29) is 17.9 Å². The number of rotatable bonds is 7. The van der Waals surface area contributed by atoms with E-state index >= 15 is 0 Å². The van der Waals surface area contributed by atoms with Crippen molar-refractivity contribution in [3.05, 3.63) is 30.1 Å². The zero-order valence-corrected chi connectivity index (χ0v) is 15.4. The van der Waals surface area contributed by atoms with Gasteiger partial charge in [0.2, 0.25) is 5.91 Å². The molecule has 6 nitrogen and oxygen atoms in total. The monoisotopic (exact) mass is 347 g/mol. The summed E-state index contributed by atoms with van der Waals surface area (Å²) in [4.78, 5) is 30.4. The van der Waals surface area contributed by atoms with Gasteiger partial charge in [0.15, 0.2) is 0 Å². The van der Waals surface area contributed by atoms with Gasteiger partial charge < -0.3 is 15.0 Å². The SMILES string of the molecule is CC(C)CCOC(C)C(=O)NC1CCN(C(=O)c2ccncc2)CC1. The molecule has 1 N–H and O–H groups in total. The molecular formula is C19H29N3O3. The molecule has 0 bridgehead atoms. The molecule has 1 unspecified atom stereocenters. The normalized spacial score (nSPS) is 16.7. The molecule has 1 aromatic heterocycles. The highest BCUT2D eigenvalue weighted by Crippen LogP contribution is 2.14. The van der Waals surface area contributed by atoms with Crippen LogP contribution >= 0.6 is 0 Å². The fourth-order valence-electron chi connectivity index (χ4n) is 2.78. The number of nitrogens with zero attached hydrogens (tertiary/aromatic N) is 2. The zero-order chi connectivity index (χ0) is 18.2. The number of likely N-dealkylation sites (tertiary alicyclic amines) is 1. The van der Waals surface area contributed by atoms with E-state index < -0.39 is 6.10 Å². The minimum absolute atomic E-state index is 0.0255. The van der Waals surface area contributed by atoms with E-state index in [0.29, 0.717) is 31.2 Å². The van der Waals surface area contributed by atoms with Crippen LogP contribution < -0.4 is 5.32 Å². The van der Waals surface area contributed by atoms with Crippen LogP contribution in [0.5, 0.6) is 0 Å². The number of carbonyl (C=O) groups excluding carboxylic acids is 2. The number of amides is 2. The smallest absolute Gasteiger partial charge is 0.253 e. The predicted molar refractivity (Wildman–Crippen MR) is 96.2 cm³/mol. The highest BCUT2D eigenvalue weighted by Gasteiger charge is 2.26. The van der Waals surface area contributed by atoms with Crippen LogP contribution in [0.25, 0.3) is 0 Å². The van der Waals surface area contributed by atoms with Gasteiger partial charge >= 0.3 is 0 Å². The largest absolute Gasteiger partial charge is 0.369 e. The average Bonchev–Trinajstić information content (AvgIpc) is 2.62. The van der Waals surface area contributed by atoms with Crippen molar-refractivity contribution in [3.8, 4) is 0 Å². The Balaban J connectivity index is 1.73. The Morgan fingerprint density at radius 2 is 1.88 bits per heavy atom. The van der Waals surface area contributed by atoms with Crippen LogP contribution in [0, 0.1) is 5.92 Å². The Morgan fingerprint density at radius 3 is 2.48 bits per heavy atom. The van der Waals surface area contributed by atoms with Gasteiger partial charge in [-0.05, 0) is 44.2 Å². The van der Waals surface area contributed by atoms with Gasteiger partial charge in [-0.2, -0.15) is 0 Å². The Morgan fingerprint density at radius 1 is 1.24 bits per heavy atom. The summed E-state index contributed by atoms with van der Waals surface area (Å²) in [6.45, 7) is 7.95. The van der Waals surface area contributed by atoms with Gasteiger partial charge in [-0.1, -0.05) is 13.8 Å². The summed E-state index contributed by atoms with van der Waals surface area (Å²) < 4.78 is 5.59. The molecule has 1 fully saturated rings. The molecule has 0 spiro atoms. The molecule has 138 valence electrons. The van der Waals surface area contributed by atoms with Gasteiger partial charge in [0.25, 0.3) is 5.91 Å². The Kier molecular flexibility index (Phi) is 7.37. The average molecular weight is 347 g/mol. The topological polar surface area (TPSA) is 71.5 Å². The molecule has 0 saturated carbocycles. The van der Waals surface area contributed by atoms with Crippen LogP contribution in [-0.4, -0.2) is 53.5 Å². The van der Waals surface area contributed by atoms with E-state index in [0.717, 1.165) is 19.3 Å². The zero-order valence-electron chi connectivity index (χ0n) is 15.4. The number of pyridine rings is 1. The molecule has 1 atom stereocenters. The van der Waals surface area contributed by atoms with Gasteiger partial charge in [0.05, 0.1) is 0 Å². The summed E-state index contributed by atoms with van der Waals surface area (Å²) in [5, 5.41) is 3.04. The maximum atomic E-state index is 12.4. The minimum atomic E-state index is -0.435. The first-order chi connectivity index (χ1) is 12.0. The first kappa shape index (κ1) is 19.4. The van der Waals surface area contributed by atoms with Crippen molar-refractivity contribution in [3.63, 3.8) is 0 Å². The molecule has 1 aliphatic rings. The Labute approximate surface area is 150 Å². The summed E-state index contributed by atoms with van der Waals surface area (Å²) in [7, 11) is 0. The standard InChI is InChI=1S/C19H29N3O3/c1-14(2)8-13-25-15(3)18(23)21-17-6-11-22(12-7-17)19(24)16-4-9-20-10-5-16/h4-5,9-10,14-15,17H,6-8,11-13H2,1-3H3,(H,21,23). The van der Waals surface area contributed by atoms with Crippen LogP contribution in [0.1, 0.15) is 50.4 Å². The number of hydrogen-bond donors (Lipinski definition) is 1. The number of hydrogen-bond acceptors (Lipinski definition) is 4. The first-order valence-electron chi connectivity index (χ1n) is 9.08. The number of aromatic nitrogens is 1. The molecule has 2 amide bonds. The second kappa shape index (κ2) is 9.51. The molecule has 1 aliphatic heterocycles. The fraction of sp³-hybridized carbons (Fsp3) is 0.632. The van der Waals surface area contributed by atoms with E-state index in [4.69, 9.17) is 4.74 Å². The predicted octanol–water partition coefficient (Wildman–Crippen LogP) is 2.25. The van der Waals surface area contributed by atoms with E-state index in [9.17, 15) is 9.59 Å². The van der Waals surface area contributed by atoms with Gasteiger partial charge in [0.1, 0.15) is 6.10 Å². The van der Waals surface area contributed by atoms with E-state index in [1.54, 1.807) is 31.5 Å². The van der Waals surface area contributed by atoms with Gasteiger partial charge in [-0.25, -0.2) is 0 Å². The second-order valence-electron chi connectivity index (χ2n) is 7.01. The molecule has 2 heterocycles. The lowest BCUT2D eigenvalue weighted by atomic mass is 10.0. The summed E-state index contributed by atoms with van der Waals surface area (Å²) >= 11 is 0. The van der Waals surface area contributed by atoms with Crippen molar-refractivity contribution in [1.29, 1.82) is 0 Å². The maximum absolute atomic E-state index is 12.4. The van der Waals surface area contributed by atoms with Crippen molar-refractivity contribution in [2.24, 2.45) is 5.92 Å². The third-order valence-corrected chi connectivity index (χ3v) is 4.49. The first-order valence-corrected chi connectivity index (χ1v) is 9.08.